The van der Waals surface area contributed by atoms with E-state index in [4.69, 9.17) is 21.4 Å². The topological polar surface area (TPSA) is 83.0 Å². The van der Waals surface area contributed by atoms with E-state index in [0.29, 0.717) is 18.1 Å². The van der Waals surface area contributed by atoms with Gasteiger partial charge in [0.25, 0.3) is 0 Å². The van der Waals surface area contributed by atoms with E-state index in [1.54, 1.807) is 18.2 Å². The molecule has 0 saturated heterocycles. The van der Waals surface area contributed by atoms with Crippen molar-refractivity contribution in [2.75, 3.05) is 14.1 Å². The minimum Gasteiger partial charge on any atom is -0.489 e. The summed E-state index contributed by atoms with van der Waals surface area (Å²) in [5, 5.41) is 0. The third-order valence-electron chi connectivity index (χ3n) is 3.12. The first kappa shape index (κ1) is 16.1. The lowest BCUT2D eigenvalue weighted by Crippen LogP contribution is -2.10. The number of hydrogen-bond donors (Lipinski definition) is 2. The second-order valence-electron chi connectivity index (χ2n) is 5.18. The number of hydrogen-bond acceptors (Lipinski definition) is 6. The predicted molar refractivity (Wildman–Crippen MR) is 84.2 cm³/mol. The lowest BCUT2D eigenvalue weighted by Gasteiger charge is -2.12. The second kappa shape index (κ2) is 7.65. The Bertz CT molecular complexity index is 600. The van der Waals surface area contributed by atoms with Crippen molar-refractivity contribution in [2.24, 2.45) is 11.8 Å². The molecular weight excluding hydrogens is 282 g/mol. The largest absolute Gasteiger partial charge is 0.489 e. The second-order valence-corrected chi connectivity index (χ2v) is 5.18. The van der Waals surface area contributed by atoms with Gasteiger partial charge in [-0.2, -0.15) is 11.8 Å². The summed E-state index contributed by atoms with van der Waals surface area (Å²) in [6, 6.07) is 13.1. The highest BCUT2D eigenvalue weighted by molar-refractivity contribution is 5.40. The van der Waals surface area contributed by atoms with Gasteiger partial charge in [-0.3, -0.25) is 0 Å². The molecule has 0 bridgehead atoms. The van der Waals surface area contributed by atoms with E-state index >= 15 is 0 Å². The first-order valence-electron chi connectivity index (χ1n) is 6.85. The van der Waals surface area contributed by atoms with Crippen molar-refractivity contribution in [1.29, 1.82) is 0 Å². The van der Waals surface area contributed by atoms with E-state index in [2.05, 4.69) is 9.74 Å². The van der Waals surface area contributed by atoms with Gasteiger partial charge in [-0.15, -0.1) is 0 Å². The van der Waals surface area contributed by atoms with Crippen LogP contribution in [0.4, 0.5) is 0 Å². The molecule has 0 aliphatic rings. The Morgan fingerprint density at radius 1 is 0.909 bits per heavy atom. The van der Waals surface area contributed by atoms with Crippen LogP contribution in [0.5, 0.6) is 17.2 Å². The van der Waals surface area contributed by atoms with Gasteiger partial charge < -0.3 is 19.3 Å². The molecule has 0 spiro atoms. The van der Waals surface area contributed by atoms with Gasteiger partial charge in [-0.05, 0) is 43.9 Å². The van der Waals surface area contributed by atoms with Gasteiger partial charge >= 0.3 is 0 Å². The number of nitrogens with zero attached hydrogens (tertiary/aromatic N) is 1. The average Bonchev–Trinajstić information content (AvgIpc) is 2.53. The maximum Gasteiger partial charge on any atom is 0.157 e. The molecule has 22 heavy (non-hydrogen) atoms. The van der Waals surface area contributed by atoms with Gasteiger partial charge in [-0.25, -0.2) is 0 Å². The van der Waals surface area contributed by atoms with Crippen LogP contribution in [0.15, 0.2) is 42.5 Å². The van der Waals surface area contributed by atoms with E-state index in [9.17, 15) is 0 Å². The molecule has 0 radical (unpaired) electrons. The zero-order chi connectivity index (χ0) is 15.9. The lowest BCUT2D eigenvalue weighted by molar-refractivity contribution is 0.280. The normalized spacial score (nSPS) is 10.6. The molecule has 0 atom stereocenters. The molecule has 0 aromatic heterocycles. The van der Waals surface area contributed by atoms with Crippen LogP contribution in [-0.4, -0.2) is 19.0 Å². The Hall–Kier alpha value is -2.28. The van der Waals surface area contributed by atoms with Crippen molar-refractivity contribution in [3.63, 3.8) is 0 Å². The van der Waals surface area contributed by atoms with E-state index < -0.39 is 0 Å². The Morgan fingerprint density at radius 3 is 2.18 bits per heavy atom. The monoisotopic (exact) mass is 303 g/mol. The van der Waals surface area contributed by atoms with Crippen LogP contribution >= 0.6 is 0 Å². The molecule has 0 aliphatic carbocycles. The van der Waals surface area contributed by atoms with Crippen LogP contribution in [0.3, 0.4) is 0 Å². The molecule has 2 aromatic rings. The van der Waals surface area contributed by atoms with Crippen molar-refractivity contribution < 1.29 is 14.4 Å². The Morgan fingerprint density at radius 2 is 1.59 bits per heavy atom. The molecule has 2 rings (SSSR count). The smallest absolute Gasteiger partial charge is 0.157 e. The Balaban J connectivity index is 2.00. The lowest BCUT2D eigenvalue weighted by atomic mass is 10.2. The zero-order valence-corrected chi connectivity index (χ0v) is 12.8. The fourth-order valence-corrected chi connectivity index (χ4v) is 2.05. The first-order valence-corrected chi connectivity index (χ1v) is 6.85. The quantitative estimate of drug-likeness (QED) is 0.759. The maximum atomic E-state index is 5.75. The Labute approximate surface area is 130 Å². The average molecular weight is 303 g/mol. The molecule has 6 nitrogen and oxygen atoms in total. The fraction of sp³-hybridized carbons (Fsp3) is 0.250. The van der Waals surface area contributed by atoms with Gasteiger partial charge in [0.15, 0.2) is 11.5 Å². The van der Waals surface area contributed by atoms with E-state index in [1.807, 2.05) is 38.4 Å². The van der Waals surface area contributed by atoms with Crippen molar-refractivity contribution in [1.82, 2.24) is 4.90 Å². The van der Waals surface area contributed by atoms with Crippen LogP contribution in [0.2, 0.25) is 0 Å². The molecule has 118 valence electrons. The number of benzene rings is 2. The first-order chi connectivity index (χ1) is 10.6. The van der Waals surface area contributed by atoms with Crippen LogP contribution in [0.1, 0.15) is 11.1 Å². The van der Waals surface area contributed by atoms with Crippen molar-refractivity contribution in [3.05, 3.63) is 53.6 Å². The van der Waals surface area contributed by atoms with Gasteiger partial charge in [0.2, 0.25) is 0 Å². The minimum absolute atomic E-state index is 0.338. The molecular formula is C16H21N3O3. The molecule has 0 heterocycles. The van der Waals surface area contributed by atoms with Gasteiger partial charge in [-0.1, -0.05) is 12.1 Å². The van der Waals surface area contributed by atoms with Crippen LogP contribution < -0.4 is 26.2 Å². The van der Waals surface area contributed by atoms with E-state index in [-0.39, 0.29) is 0 Å². The van der Waals surface area contributed by atoms with Crippen LogP contribution in [-0.2, 0) is 13.2 Å². The predicted octanol–water partition coefficient (Wildman–Crippen LogP) is 1.83. The van der Waals surface area contributed by atoms with Crippen LogP contribution in [0.25, 0.3) is 0 Å². The summed E-state index contributed by atoms with van der Waals surface area (Å²) in [6.07, 6.45) is 0. The molecule has 6 heteroatoms. The summed E-state index contributed by atoms with van der Waals surface area (Å²) in [4.78, 5) is 11.6. The molecule has 4 N–H and O–H groups in total. The third-order valence-corrected chi connectivity index (χ3v) is 3.12. The molecule has 2 aromatic carbocycles. The summed E-state index contributed by atoms with van der Waals surface area (Å²) in [5.74, 6) is 12.1. The van der Waals surface area contributed by atoms with Crippen molar-refractivity contribution in [3.8, 4) is 17.2 Å². The highest BCUT2D eigenvalue weighted by Gasteiger charge is 2.07. The van der Waals surface area contributed by atoms with E-state index in [0.717, 1.165) is 17.9 Å². The van der Waals surface area contributed by atoms with Crippen molar-refractivity contribution in [2.45, 2.75) is 13.2 Å². The van der Waals surface area contributed by atoms with Gasteiger partial charge in [0.1, 0.15) is 12.4 Å². The Kier molecular flexibility index (Phi) is 5.60. The van der Waals surface area contributed by atoms with Crippen LogP contribution in [0, 0.1) is 0 Å². The standard InChI is InChI=1S/C16H21N3O3/c1-19(2)10-12-3-6-14(7-4-12)20-11-13-5-8-15(21-17)9-16(13)22-18/h3-9H,10-11,17-18H2,1-2H3. The molecule has 0 saturated carbocycles. The molecule has 0 fully saturated rings. The third kappa shape index (κ3) is 4.36. The minimum atomic E-state index is 0.338. The number of nitrogens with two attached hydrogens (primary N) is 2. The number of ether oxygens (including phenoxy) is 1. The van der Waals surface area contributed by atoms with Crippen molar-refractivity contribution >= 4 is 0 Å². The SMILES string of the molecule is CN(C)Cc1ccc(OCc2ccc(ON)cc2ON)cc1. The molecule has 0 aliphatic heterocycles. The highest BCUT2D eigenvalue weighted by atomic mass is 16.6. The van der Waals surface area contributed by atoms with Gasteiger partial charge in [0.05, 0.1) is 0 Å². The summed E-state index contributed by atoms with van der Waals surface area (Å²) >= 11 is 0. The van der Waals surface area contributed by atoms with Gasteiger partial charge in [0, 0.05) is 18.2 Å². The number of rotatable bonds is 7. The fourth-order valence-electron chi connectivity index (χ4n) is 2.05. The summed E-state index contributed by atoms with van der Waals surface area (Å²) in [5.41, 5.74) is 2.04. The molecule has 0 amide bonds. The highest BCUT2D eigenvalue weighted by Crippen LogP contribution is 2.25. The maximum absolute atomic E-state index is 5.75. The summed E-state index contributed by atoms with van der Waals surface area (Å²) < 4.78 is 5.75. The summed E-state index contributed by atoms with van der Waals surface area (Å²) in [6.45, 7) is 1.23. The van der Waals surface area contributed by atoms with E-state index in [1.165, 1.54) is 5.56 Å². The zero-order valence-electron chi connectivity index (χ0n) is 12.8. The summed E-state index contributed by atoms with van der Waals surface area (Å²) in [7, 11) is 4.07. The molecule has 0 unspecified atom stereocenters.